The van der Waals surface area contributed by atoms with Crippen molar-refractivity contribution in [2.24, 2.45) is 0 Å². The molecule has 1 aliphatic carbocycles. The topological polar surface area (TPSA) is 41.6 Å². The van der Waals surface area contributed by atoms with E-state index in [-0.39, 0.29) is 0 Å². The van der Waals surface area contributed by atoms with E-state index in [9.17, 15) is 13.2 Å². The molecule has 18 heavy (non-hydrogen) atoms. The van der Waals surface area contributed by atoms with Gasteiger partial charge in [0.2, 0.25) is 0 Å². The first kappa shape index (κ1) is 11.3. The zero-order valence-corrected chi connectivity index (χ0v) is 9.33. The number of aromatic amines is 1. The number of alkyl halides is 3. The third-order valence-corrected chi connectivity index (χ3v) is 2.95. The molecule has 0 bridgehead atoms. The van der Waals surface area contributed by atoms with Gasteiger partial charge in [0.1, 0.15) is 5.69 Å². The van der Waals surface area contributed by atoms with E-state index < -0.39 is 11.7 Å². The molecule has 1 N–H and O–H groups in total. The van der Waals surface area contributed by atoms with Crippen LogP contribution in [0, 0.1) is 0 Å². The molecule has 0 spiro atoms. The van der Waals surface area contributed by atoms with Crippen molar-refractivity contribution in [1.29, 1.82) is 0 Å². The Bertz CT molecular complexity index is 553. The van der Waals surface area contributed by atoms with Gasteiger partial charge < -0.3 is 4.98 Å². The lowest BCUT2D eigenvalue weighted by molar-refractivity contribution is -0.137. The average molecular weight is 253 g/mol. The molecule has 1 saturated carbocycles. The highest BCUT2D eigenvalue weighted by molar-refractivity contribution is 5.50. The second-order valence-electron chi connectivity index (χ2n) is 4.39. The number of hydrogen-bond acceptors (Lipinski definition) is 2. The number of nitrogens with zero attached hydrogens (tertiary/aromatic N) is 2. The molecule has 1 fully saturated rings. The van der Waals surface area contributed by atoms with Crippen LogP contribution in [-0.4, -0.2) is 15.0 Å². The summed E-state index contributed by atoms with van der Waals surface area (Å²) in [6, 6.07) is 2.35. The first-order valence-corrected chi connectivity index (χ1v) is 5.62. The molecular formula is C12H10F3N3. The SMILES string of the molecule is FC(F)(F)c1ccc(-c2ncc(C3CC3)[nH]2)nc1. The first-order valence-electron chi connectivity index (χ1n) is 5.62. The second kappa shape index (κ2) is 3.83. The molecule has 0 saturated heterocycles. The normalized spacial score (nSPS) is 15.9. The van der Waals surface area contributed by atoms with Gasteiger partial charge >= 0.3 is 6.18 Å². The first-order chi connectivity index (χ1) is 8.54. The maximum absolute atomic E-state index is 12.4. The van der Waals surface area contributed by atoms with E-state index in [1.807, 2.05) is 0 Å². The Balaban J connectivity index is 1.87. The average Bonchev–Trinajstić information content (AvgIpc) is 3.06. The molecule has 0 unspecified atom stereocenters. The Morgan fingerprint density at radius 2 is 1.89 bits per heavy atom. The van der Waals surface area contributed by atoms with Crippen LogP contribution in [0.15, 0.2) is 24.5 Å². The summed E-state index contributed by atoms with van der Waals surface area (Å²) in [6.07, 6.45) is 0.485. The molecule has 0 aliphatic heterocycles. The van der Waals surface area contributed by atoms with Gasteiger partial charge in [0, 0.05) is 24.0 Å². The van der Waals surface area contributed by atoms with Crippen molar-refractivity contribution in [1.82, 2.24) is 15.0 Å². The fraction of sp³-hybridized carbons (Fsp3) is 0.333. The summed E-state index contributed by atoms with van der Waals surface area (Å²) >= 11 is 0. The van der Waals surface area contributed by atoms with Crippen LogP contribution in [-0.2, 0) is 6.18 Å². The van der Waals surface area contributed by atoms with Crippen molar-refractivity contribution >= 4 is 0 Å². The van der Waals surface area contributed by atoms with E-state index >= 15 is 0 Å². The largest absolute Gasteiger partial charge is 0.417 e. The van der Waals surface area contributed by atoms with Gasteiger partial charge in [-0.05, 0) is 25.0 Å². The summed E-state index contributed by atoms with van der Waals surface area (Å²) < 4.78 is 37.1. The van der Waals surface area contributed by atoms with Gasteiger partial charge in [0.05, 0.1) is 5.56 Å². The van der Waals surface area contributed by atoms with Crippen LogP contribution in [0.4, 0.5) is 13.2 Å². The molecule has 0 atom stereocenters. The van der Waals surface area contributed by atoms with Gasteiger partial charge in [-0.25, -0.2) is 4.98 Å². The van der Waals surface area contributed by atoms with Crippen molar-refractivity contribution in [3.05, 3.63) is 35.8 Å². The summed E-state index contributed by atoms with van der Waals surface area (Å²) in [5.41, 5.74) is 0.710. The van der Waals surface area contributed by atoms with Crippen molar-refractivity contribution < 1.29 is 13.2 Å². The highest BCUT2D eigenvalue weighted by Gasteiger charge is 2.31. The Hall–Kier alpha value is -1.85. The van der Waals surface area contributed by atoms with Crippen LogP contribution >= 0.6 is 0 Å². The van der Waals surface area contributed by atoms with E-state index in [2.05, 4.69) is 15.0 Å². The van der Waals surface area contributed by atoms with Crippen LogP contribution in [0.3, 0.4) is 0 Å². The van der Waals surface area contributed by atoms with E-state index in [4.69, 9.17) is 0 Å². The maximum atomic E-state index is 12.4. The summed E-state index contributed by atoms with van der Waals surface area (Å²) in [6.45, 7) is 0. The fourth-order valence-corrected chi connectivity index (χ4v) is 1.77. The molecular weight excluding hydrogens is 243 g/mol. The molecule has 0 radical (unpaired) electrons. The van der Waals surface area contributed by atoms with Gasteiger partial charge in [-0.3, -0.25) is 4.98 Å². The smallest absolute Gasteiger partial charge is 0.340 e. The number of halogens is 3. The molecule has 94 valence electrons. The zero-order valence-electron chi connectivity index (χ0n) is 9.33. The van der Waals surface area contributed by atoms with Crippen molar-refractivity contribution in [3.8, 4) is 11.5 Å². The van der Waals surface area contributed by atoms with Crippen LogP contribution in [0.25, 0.3) is 11.5 Å². The fourth-order valence-electron chi connectivity index (χ4n) is 1.77. The van der Waals surface area contributed by atoms with Crippen LogP contribution in [0.1, 0.15) is 30.0 Å². The summed E-state index contributed by atoms with van der Waals surface area (Å²) in [4.78, 5) is 11.0. The highest BCUT2D eigenvalue weighted by Crippen LogP contribution is 2.39. The van der Waals surface area contributed by atoms with Gasteiger partial charge in [-0.1, -0.05) is 0 Å². The molecule has 0 aromatic carbocycles. The molecule has 2 aromatic heterocycles. The lowest BCUT2D eigenvalue weighted by Gasteiger charge is -2.05. The molecule has 0 amide bonds. The number of nitrogens with one attached hydrogen (secondary N) is 1. The minimum atomic E-state index is -4.35. The quantitative estimate of drug-likeness (QED) is 0.891. The van der Waals surface area contributed by atoms with E-state index in [1.165, 1.54) is 6.07 Å². The minimum Gasteiger partial charge on any atom is -0.340 e. The van der Waals surface area contributed by atoms with E-state index in [0.29, 0.717) is 17.4 Å². The molecule has 2 aromatic rings. The van der Waals surface area contributed by atoms with Crippen molar-refractivity contribution in [2.75, 3.05) is 0 Å². The number of aromatic nitrogens is 3. The Morgan fingerprint density at radius 3 is 2.44 bits per heavy atom. The van der Waals surface area contributed by atoms with Crippen molar-refractivity contribution in [3.63, 3.8) is 0 Å². The predicted molar refractivity (Wildman–Crippen MR) is 58.8 cm³/mol. The Morgan fingerprint density at radius 1 is 1.11 bits per heavy atom. The maximum Gasteiger partial charge on any atom is 0.417 e. The predicted octanol–water partition coefficient (Wildman–Crippen LogP) is 3.37. The number of H-pyrrole nitrogens is 1. The van der Waals surface area contributed by atoms with Crippen LogP contribution < -0.4 is 0 Å². The highest BCUT2D eigenvalue weighted by atomic mass is 19.4. The Kier molecular flexibility index (Phi) is 2.39. The molecule has 3 rings (SSSR count). The Labute approximate surface area is 101 Å². The zero-order chi connectivity index (χ0) is 12.8. The number of hydrogen-bond donors (Lipinski definition) is 1. The molecule has 1 aliphatic rings. The third kappa shape index (κ3) is 2.10. The van der Waals surface area contributed by atoms with Crippen LogP contribution in [0.5, 0.6) is 0 Å². The molecule has 6 heteroatoms. The van der Waals surface area contributed by atoms with E-state index in [0.717, 1.165) is 30.8 Å². The van der Waals surface area contributed by atoms with Gasteiger partial charge in [0.15, 0.2) is 5.82 Å². The van der Waals surface area contributed by atoms with Crippen molar-refractivity contribution in [2.45, 2.75) is 24.9 Å². The van der Waals surface area contributed by atoms with Gasteiger partial charge in [-0.15, -0.1) is 0 Å². The summed E-state index contributed by atoms with van der Waals surface area (Å²) in [7, 11) is 0. The standard InChI is InChI=1S/C12H10F3N3/c13-12(14,15)8-3-4-9(16-5-8)11-17-6-10(18-11)7-1-2-7/h3-7H,1-2H2,(H,17,18). The number of rotatable bonds is 2. The summed E-state index contributed by atoms with van der Waals surface area (Å²) in [5.74, 6) is 1.05. The third-order valence-electron chi connectivity index (χ3n) is 2.95. The number of imidazole rings is 1. The monoisotopic (exact) mass is 253 g/mol. The van der Waals surface area contributed by atoms with Crippen LogP contribution in [0.2, 0.25) is 0 Å². The van der Waals surface area contributed by atoms with Gasteiger partial charge in [-0.2, -0.15) is 13.2 Å². The van der Waals surface area contributed by atoms with Gasteiger partial charge in [0.25, 0.3) is 0 Å². The second-order valence-corrected chi connectivity index (χ2v) is 4.39. The minimum absolute atomic E-state index is 0.426. The summed E-state index contributed by atoms with van der Waals surface area (Å²) in [5, 5.41) is 0. The molecule has 2 heterocycles. The number of pyridine rings is 1. The lowest BCUT2D eigenvalue weighted by atomic mass is 10.2. The van der Waals surface area contributed by atoms with E-state index in [1.54, 1.807) is 6.20 Å². The lowest BCUT2D eigenvalue weighted by Crippen LogP contribution is -2.05. The molecule has 3 nitrogen and oxygen atoms in total.